The Labute approximate surface area is 147 Å². The molecule has 0 aromatic rings. The molecule has 0 spiro atoms. The molecule has 2 fully saturated rings. The number of unbranched alkanes of at least 4 members (excludes halogenated alkanes) is 7. The summed E-state index contributed by atoms with van der Waals surface area (Å²) in [6, 6.07) is 0. The third-order valence-corrected chi connectivity index (χ3v) is 6.22. The maximum Gasteiger partial charge on any atom is 0.312 e. The van der Waals surface area contributed by atoms with Gasteiger partial charge in [0.05, 0.1) is 12.0 Å². The van der Waals surface area contributed by atoms with E-state index in [1.54, 1.807) is 6.92 Å². The molecule has 3 heteroatoms. The van der Waals surface area contributed by atoms with E-state index in [1.165, 1.54) is 51.4 Å². The number of hydrogen-bond donors (Lipinski definition) is 0. The Hall–Kier alpha value is -0.860. The van der Waals surface area contributed by atoms with Gasteiger partial charge >= 0.3 is 5.97 Å². The number of carbonyl (C=O) groups excluding carboxylic acids is 2. The van der Waals surface area contributed by atoms with Gasteiger partial charge < -0.3 is 4.74 Å². The molecular weight excluding hydrogens is 300 g/mol. The Morgan fingerprint density at radius 2 is 1.17 bits per heavy atom. The Morgan fingerprint density at radius 1 is 0.750 bits per heavy atom. The van der Waals surface area contributed by atoms with Crippen LogP contribution in [0.2, 0.25) is 0 Å². The van der Waals surface area contributed by atoms with Crippen LogP contribution in [0.4, 0.5) is 0 Å². The molecule has 0 radical (unpaired) electrons. The second-order valence-corrected chi connectivity index (χ2v) is 8.17. The van der Waals surface area contributed by atoms with E-state index in [-0.39, 0.29) is 16.8 Å². The van der Waals surface area contributed by atoms with Crippen molar-refractivity contribution in [3.63, 3.8) is 0 Å². The zero-order valence-corrected chi connectivity index (χ0v) is 15.8. The predicted molar refractivity (Wildman–Crippen MR) is 96.8 cm³/mol. The van der Waals surface area contributed by atoms with Crippen LogP contribution in [0, 0.1) is 10.8 Å². The van der Waals surface area contributed by atoms with E-state index in [0.29, 0.717) is 12.4 Å². The highest BCUT2D eigenvalue weighted by molar-refractivity contribution is 5.84. The lowest BCUT2D eigenvalue weighted by atomic mass is 9.94. The van der Waals surface area contributed by atoms with Crippen LogP contribution >= 0.6 is 0 Å². The first-order valence-electron chi connectivity index (χ1n) is 10.2. The van der Waals surface area contributed by atoms with Crippen molar-refractivity contribution >= 4 is 11.8 Å². The van der Waals surface area contributed by atoms with Gasteiger partial charge in [-0.25, -0.2) is 0 Å². The van der Waals surface area contributed by atoms with E-state index in [2.05, 4.69) is 0 Å². The Kier molecular flexibility index (Phi) is 7.31. The van der Waals surface area contributed by atoms with E-state index in [9.17, 15) is 9.59 Å². The summed E-state index contributed by atoms with van der Waals surface area (Å²) in [5, 5.41) is 0. The largest absolute Gasteiger partial charge is 0.466 e. The highest BCUT2D eigenvalue weighted by Gasteiger charge is 2.50. The first kappa shape index (κ1) is 19.5. The van der Waals surface area contributed by atoms with E-state index >= 15 is 0 Å². The van der Waals surface area contributed by atoms with Crippen LogP contribution in [0.3, 0.4) is 0 Å². The van der Waals surface area contributed by atoms with Crippen molar-refractivity contribution in [3.05, 3.63) is 0 Å². The molecule has 0 aromatic heterocycles. The van der Waals surface area contributed by atoms with Gasteiger partial charge in [0.25, 0.3) is 0 Å². The highest BCUT2D eigenvalue weighted by atomic mass is 16.5. The molecule has 0 amide bonds. The number of rotatable bonds is 14. The van der Waals surface area contributed by atoms with Crippen molar-refractivity contribution in [2.75, 3.05) is 6.61 Å². The predicted octanol–water partition coefficient (Wildman–Crippen LogP) is 5.60. The lowest BCUT2D eigenvalue weighted by Crippen LogP contribution is -2.18. The minimum Gasteiger partial charge on any atom is -0.466 e. The van der Waals surface area contributed by atoms with Gasteiger partial charge in [-0.2, -0.15) is 0 Å². The maximum absolute atomic E-state index is 11.9. The number of hydrogen-bond acceptors (Lipinski definition) is 3. The van der Waals surface area contributed by atoms with Crippen molar-refractivity contribution < 1.29 is 14.3 Å². The Morgan fingerprint density at radius 3 is 1.54 bits per heavy atom. The van der Waals surface area contributed by atoms with E-state index in [4.69, 9.17) is 4.74 Å². The molecule has 2 aliphatic rings. The number of ketones is 1. The van der Waals surface area contributed by atoms with Crippen LogP contribution in [-0.4, -0.2) is 18.4 Å². The van der Waals surface area contributed by atoms with E-state index in [1.807, 2.05) is 6.92 Å². The van der Waals surface area contributed by atoms with Crippen LogP contribution in [-0.2, 0) is 14.3 Å². The van der Waals surface area contributed by atoms with Gasteiger partial charge in [-0.15, -0.1) is 0 Å². The van der Waals surface area contributed by atoms with Crippen LogP contribution in [0.5, 0.6) is 0 Å². The fraction of sp³-hybridized carbons (Fsp3) is 0.905. The highest BCUT2D eigenvalue weighted by Crippen LogP contribution is 2.51. The van der Waals surface area contributed by atoms with Gasteiger partial charge in [0.2, 0.25) is 0 Å². The molecule has 0 bridgehead atoms. The van der Waals surface area contributed by atoms with E-state index in [0.717, 1.165) is 38.5 Å². The summed E-state index contributed by atoms with van der Waals surface area (Å²) in [4.78, 5) is 23.4. The van der Waals surface area contributed by atoms with Crippen LogP contribution in [0.15, 0.2) is 0 Å². The summed E-state index contributed by atoms with van der Waals surface area (Å²) in [7, 11) is 0. The molecule has 0 aliphatic heterocycles. The molecule has 2 aliphatic carbocycles. The molecular formula is C21H36O3. The third-order valence-electron chi connectivity index (χ3n) is 6.22. The van der Waals surface area contributed by atoms with Gasteiger partial charge in [-0.3, -0.25) is 9.59 Å². The number of esters is 1. The molecule has 3 nitrogen and oxygen atoms in total. The summed E-state index contributed by atoms with van der Waals surface area (Å²) in [6.07, 6.45) is 16.6. The number of carbonyl (C=O) groups is 2. The van der Waals surface area contributed by atoms with Crippen molar-refractivity contribution in [2.45, 2.75) is 104 Å². The van der Waals surface area contributed by atoms with Gasteiger partial charge in [-0.05, 0) is 52.4 Å². The molecule has 138 valence electrons. The second kappa shape index (κ2) is 9.01. The SMILES string of the molecule is CCOC(=O)C1(CCCCCCCCCCC2(C(C)=O)CC2)CC1. The molecule has 0 heterocycles. The summed E-state index contributed by atoms with van der Waals surface area (Å²) in [6.45, 7) is 4.16. The lowest BCUT2D eigenvalue weighted by Gasteiger charge is -2.13. The maximum atomic E-state index is 11.9. The monoisotopic (exact) mass is 336 g/mol. The normalized spacial score (nSPS) is 19.8. The summed E-state index contributed by atoms with van der Waals surface area (Å²) >= 11 is 0. The van der Waals surface area contributed by atoms with Crippen molar-refractivity contribution in [1.82, 2.24) is 0 Å². The minimum atomic E-state index is -0.0918. The molecule has 0 aromatic carbocycles. The van der Waals surface area contributed by atoms with Gasteiger partial charge in [0.15, 0.2) is 0 Å². The average molecular weight is 337 g/mol. The van der Waals surface area contributed by atoms with Crippen LogP contribution in [0.1, 0.15) is 104 Å². The fourth-order valence-corrected chi connectivity index (χ4v) is 3.91. The van der Waals surface area contributed by atoms with Gasteiger partial charge in [0, 0.05) is 5.41 Å². The van der Waals surface area contributed by atoms with Gasteiger partial charge in [-0.1, -0.05) is 51.4 Å². The third kappa shape index (κ3) is 5.60. The summed E-state index contributed by atoms with van der Waals surface area (Å²) in [5.41, 5.74) is 0.0170. The summed E-state index contributed by atoms with van der Waals surface area (Å²) in [5.74, 6) is 0.461. The Balaban J connectivity index is 1.38. The zero-order chi connectivity index (χ0) is 17.5. The standard InChI is InChI=1S/C21H36O3/c1-3-24-19(23)21(16-17-21)13-11-9-7-5-4-6-8-10-12-20(14-15-20)18(2)22/h3-17H2,1-2H3. The van der Waals surface area contributed by atoms with Crippen LogP contribution < -0.4 is 0 Å². The minimum absolute atomic E-state index is 0.0454. The molecule has 2 saturated carbocycles. The number of Topliss-reactive ketones (excluding diaryl/α,β-unsaturated/α-hetero) is 1. The quantitative estimate of drug-likeness (QED) is 0.306. The zero-order valence-electron chi connectivity index (χ0n) is 15.8. The fourth-order valence-electron chi connectivity index (χ4n) is 3.91. The molecule has 0 atom stereocenters. The van der Waals surface area contributed by atoms with E-state index < -0.39 is 0 Å². The first-order valence-corrected chi connectivity index (χ1v) is 10.2. The topological polar surface area (TPSA) is 43.4 Å². The molecule has 0 N–H and O–H groups in total. The smallest absolute Gasteiger partial charge is 0.312 e. The van der Waals surface area contributed by atoms with Crippen molar-refractivity contribution in [1.29, 1.82) is 0 Å². The van der Waals surface area contributed by atoms with Crippen molar-refractivity contribution in [2.24, 2.45) is 10.8 Å². The van der Waals surface area contributed by atoms with Crippen LogP contribution in [0.25, 0.3) is 0 Å². The molecule has 0 saturated heterocycles. The lowest BCUT2D eigenvalue weighted by molar-refractivity contribution is -0.150. The number of ether oxygens (including phenoxy) is 1. The average Bonchev–Trinajstić information content (AvgIpc) is 3.44. The Bertz CT molecular complexity index is 419. The second-order valence-electron chi connectivity index (χ2n) is 8.17. The summed E-state index contributed by atoms with van der Waals surface area (Å²) < 4.78 is 5.19. The molecule has 0 unspecified atom stereocenters. The van der Waals surface area contributed by atoms with Gasteiger partial charge in [0.1, 0.15) is 5.78 Å². The molecule has 2 rings (SSSR count). The van der Waals surface area contributed by atoms with Crippen molar-refractivity contribution in [3.8, 4) is 0 Å². The molecule has 24 heavy (non-hydrogen) atoms. The first-order chi connectivity index (χ1) is 11.5.